The number of carbonyl (C=O) groups is 2. The fourth-order valence-electron chi connectivity index (χ4n) is 6.06. The number of H-pyrrole nitrogens is 1. The Labute approximate surface area is 244 Å². The van der Waals surface area contributed by atoms with E-state index in [0.29, 0.717) is 6.54 Å². The molecule has 41 heavy (non-hydrogen) atoms. The van der Waals surface area contributed by atoms with Gasteiger partial charge >= 0.3 is 6.09 Å². The van der Waals surface area contributed by atoms with Gasteiger partial charge in [-0.2, -0.15) is 0 Å². The third-order valence-electron chi connectivity index (χ3n) is 8.23. The molecule has 2 amide bonds. The number of benzene rings is 1. The Morgan fingerprint density at radius 1 is 1.32 bits per heavy atom. The van der Waals surface area contributed by atoms with Gasteiger partial charge in [0.1, 0.15) is 11.9 Å². The Morgan fingerprint density at radius 2 is 2.10 bits per heavy atom. The van der Waals surface area contributed by atoms with E-state index < -0.39 is 12.1 Å². The molecule has 3 unspecified atom stereocenters. The lowest BCUT2D eigenvalue weighted by Gasteiger charge is -2.29. The number of hydrogen-bond acceptors (Lipinski definition) is 5. The lowest BCUT2D eigenvalue weighted by Crippen LogP contribution is -2.51. The van der Waals surface area contributed by atoms with Gasteiger partial charge in [-0.1, -0.05) is 52.0 Å². The Balaban J connectivity index is 1.62. The molecule has 8 heteroatoms. The van der Waals surface area contributed by atoms with E-state index in [9.17, 15) is 9.59 Å². The predicted molar refractivity (Wildman–Crippen MR) is 163 cm³/mol. The molecule has 2 aromatic rings. The standard InChI is InChI=1S/C33H46N4O4/c1-8-10-17-41-33(6)19-22(5)25(20-33)24(12-9-2)23-14-15-26-27(18-23)35-30(34-26)28-13-11-16-37(28)31(38)29(21(3)4)36-32(39)40-7/h9,12,14-15,18,21,28-29H,5,8,10-11,13,16-17,19-20H2,1-4,6-7H3,(H,34,35)(H,36,39). The number of ether oxygens (including phenoxy) is 2. The smallest absolute Gasteiger partial charge is 0.407 e. The number of imidazole rings is 1. The summed E-state index contributed by atoms with van der Waals surface area (Å²) in [7, 11) is 1.30. The summed E-state index contributed by atoms with van der Waals surface area (Å²) in [5.74, 6) is 0.576. The first kappa shape index (κ1) is 30.6. The van der Waals surface area contributed by atoms with Gasteiger partial charge in [-0.05, 0) is 73.4 Å². The van der Waals surface area contributed by atoms with Crippen molar-refractivity contribution < 1.29 is 19.1 Å². The van der Waals surface area contributed by atoms with E-state index in [1.165, 1.54) is 12.7 Å². The Bertz CT molecular complexity index is 1340. The molecule has 1 saturated carbocycles. The maximum Gasteiger partial charge on any atom is 0.407 e. The molecule has 1 aromatic carbocycles. The van der Waals surface area contributed by atoms with Crippen molar-refractivity contribution in [1.82, 2.24) is 20.2 Å². The van der Waals surface area contributed by atoms with Gasteiger partial charge in [-0.3, -0.25) is 4.79 Å². The number of aromatic amines is 1. The Morgan fingerprint density at radius 3 is 2.78 bits per heavy atom. The van der Waals surface area contributed by atoms with Crippen LogP contribution in [0.2, 0.25) is 0 Å². The van der Waals surface area contributed by atoms with Gasteiger partial charge in [0.2, 0.25) is 5.91 Å². The van der Waals surface area contributed by atoms with E-state index in [-0.39, 0.29) is 23.5 Å². The number of amides is 2. The molecule has 2 fully saturated rings. The van der Waals surface area contributed by atoms with Gasteiger partial charge in [0.05, 0.1) is 29.8 Å². The lowest BCUT2D eigenvalue weighted by molar-refractivity contribution is -0.135. The van der Waals surface area contributed by atoms with E-state index in [1.54, 1.807) is 0 Å². The van der Waals surface area contributed by atoms with E-state index in [0.717, 1.165) is 78.7 Å². The van der Waals surface area contributed by atoms with Crippen LogP contribution >= 0.6 is 0 Å². The third kappa shape index (κ3) is 6.75. The van der Waals surface area contributed by atoms with Crippen molar-refractivity contribution >= 4 is 28.6 Å². The highest BCUT2D eigenvalue weighted by molar-refractivity contribution is 5.88. The molecule has 2 aliphatic rings. The van der Waals surface area contributed by atoms with Crippen molar-refractivity contribution in [3.63, 3.8) is 0 Å². The van der Waals surface area contributed by atoms with Gasteiger partial charge in [-0.15, -0.1) is 0 Å². The van der Waals surface area contributed by atoms with E-state index >= 15 is 0 Å². The van der Waals surface area contributed by atoms with Crippen LogP contribution < -0.4 is 5.32 Å². The van der Waals surface area contributed by atoms with Crippen LogP contribution in [0.4, 0.5) is 4.79 Å². The second-order valence-electron chi connectivity index (χ2n) is 11.9. The molecule has 1 saturated heterocycles. The van der Waals surface area contributed by atoms with Crippen molar-refractivity contribution in [1.29, 1.82) is 0 Å². The highest BCUT2D eigenvalue weighted by atomic mass is 16.5. The number of alkyl carbamates (subject to hydrolysis) is 1. The van der Waals surface area contributed by atoms with Crippen LogP contribution in [0.15, 0.2) is 48.1 Å². The van der Waals surface area contributed by atoms with E-state index in [1.807, 2.05) is 31.7 Å². The van der Waals surface area contributed by atoms with Crippen LogP contribution in [0.1, 0.15) is 90.6 Å². The largest absolute Gasteiger partial charge is 0.453 e. The fraction of sp³-hybridized carbons (Fsp3) is 0.545. The third-order valence-corrected chi connectivity index (χ3v) is 8.23. The summed E-state index contributed by atoms with van der Waals surface area (Å²) in [6, 6.07) is 5.46. The molecule has 1 aromatic heterocycles. The summed E-state index contributed by atoms with van der Waals surface area (Å²) < 4.78 is 11.1. The zero-order chi connectivity index (χ0) is 29.7. The predicted octanol–water partition coefficient (Wildman–Crippen LogP) is 6.86. The summed E-state index contributed by atoms with van der Waals surface area (Å²) in [6.07, 6.45) is 9.15. The van der Waals surface area contributed by atoms with E-state index in [2.05, 4.69) is 55.0 Å². The lowest BCUT2D eigenvalue weighted by atomic mass is 9.95. The minimum atomic E-state index is -0.662. The van der Waals surface area contributed by atoms with Gasteiger partial charge in [0, 0.05) is 26.0 Å². The zero-order valence-electron chi connectivity index (χ0n) is 25.5. The second-order valence-corrected chi connectivity index (χ2v) is 11.9. The number of likely N-dealkylation sites (tertiary alicyclic amines) is 1. The molecular formula is C33H46N4O4. The quantitative estimate of drug-likeness (QED) is 0.308. The average Bonchev–Trinajstić information content (AvgIpc) is 3.66. The minimum Gasteiger partial charge on any atom is -0.453 e. The number of carbonyl (C=O) groups excluding carboxylic acids is 2. The van der Waals surface area contributed by atoms with Crippen LogP contribution in [-0.4, -0.2) is 58.8 Å². The van der Waals surface area contributed by atoms with Gasteiger partial charge < -0.3 is 24.7 Å². The monoisotopic (exact) mass is 562 g/mol. The number of allylic oxidation sites excluding steroid dienone is 3. The number of methoxy groups -OCH3 is 1. The molecule has 4 rings (SSSR count). The van der Waals surface area contributed by atoms with Gasteiger partial charge in [0.25, 0.3) is 0 Å². The van der Waals surface area contributed by atoms with Crippen LogP contribution in [0.3, 0.4) is 0 Å². The van der Waals surface area contributed by atoms with Crippen LogP contribution in [-0.2, 0) is 14.3 Å². The number of nitrogens with zero attached hydrogens (tertiary/aromatic N) is 2. The van der Waals surface area contributed by atoms with Crippen molar-refractivity contribution in [2.24, 2.45) is 5.92 Å². The molecule has 1 aliphatic carbocycles. The average molecular weight is 563 g/mol. The maximum absolute atomic E-state index is 13.5. The Hall–Kier alpha value is -3.39. The SMILES string of the molecule is C=C1CC(C)(OCCCC)CC1=C(C=CC)c1ccc2nc(C3CCCN3C(=O)C(NC(=O)OC)C(C)C)[nH]c2c1. The summed E-state index contributed by atoms with van der Waals surface area (Å²) in [4.78, 5) is 35.7. The number of aromatic nitrogens is 2. The summed E-state index contributed by atoms with van der Waals surface area (Å²) in [5, 5.41) is 2.71. The zero-order valence-corrected chi connectivity index (χ0v) is 25.5. The summed E-state index contributed by atoms with van der Waals surface area (Å²) in [5.41, 5.74) is 6.19. The second kappa shape index (κ2) is 13.1. The van der Waals surface area contributed by atoms with Crippen LogP contribution in [0.25, 0.3) is 16.6 Å². The summed E-state index contributed by atoms with van der Waals surface area (Å²) in [6.45, 7) is 16.1. The van der Waals surface area contributed by atoms with Crippen LogP contribution in [0.5, 0.6) is 0 Å². The molecule has 3 atom stereocenters. The van der Waals surface area contributed by atoms with Crippen molar-refractivity contribution in [3.05, 3.63) is 59.5 Å². The molecule has 1 aliphatic heterocycles. The molecule has 0 radical (unpaired) electrons. The molecule has 0 spiro atoms. The first-order valence-electron chi connectivity index (χ1n) is 14.9. The number of nitrogens with one attached hydrogen (secondary N) is 2. The fourth-order valence-corrected chi connectivity index (χ4v) is 6.06. The normalized spacial score (nSPS) is 23.1. The molecule has 222 valence electrons. The first-order chi connectivity index (χ1) is 19.6. The molecule has 2 heterocycles. The maximum atomic E-state index is 13.5. The van der Waals surface area contributed by atoms with E-state index in [4.69, 9.17) is 14.5 Å². The van der Waals surface area contributed by atoms with Crippen molar-refractivity contribution in [3.8, 4) is 0 Å². The van der Waals surface area contributed by atoms with Gasteiger partial charge in [-0.25, -0.2) is 9.78 Å². The molecule has 2 N–H and O–H groups in total. The Kier molecular flexibility index (Phi) is 9.74. The highest BCUT2D eigenvalue weighted by Crippen LogP contribution is 2.44. The highest BCUT2D eigenvalue weighted by Gasteiger charge is 2.38. The number of rotatable bonds is 10. The van der Waals surface area contributed by atoms with Crippen molar-refractivity contribution in [2.45, 2.75) is 90.8 Å². The topological polar surface area (TPSA) is 96.6 Å². The van der Waals surface area contributed by atoms with Gasteiger partial charge in [0.15, 0.2) is 0 Å². The van der Waals surface area contributed by atoms with Crippen molar-refractivity contribution in [2.75, 3.05) is 20.3 Å². The van der Waals surface area contributed by atoms with Crippen LogP contribution in [0, 0.1) is 5.92 Å². The molecule has 8 nitrogen and oxygen atoms in total. The minimum absolute atomic E-state index is 0.0802. The first-order valence-corrected chi connectivity index (χ1v) is 14.9. The number of unbranched alkanes of at least 4 members (excludes halogenated alkanes) is 1. The molecule has 0 bridgehead atoms. The molecular weight excluding hydrogens is 516 g/mol. The number of fused-ring (bicyclic) bond motifs is 1. The summed E-state index contributed by atoms with van der Waals surface area (Å²) >= 11 is 0. The number of hydrogen-bond donors (Lipinski definition) is 2.